The third-order valence-corrected chi connectivity index (χ3v) is 4.23. The minimum Gasteiger partial charge on any atom is -0.462 e. The van der Waals surface area contributed by atoms with E-state index < -0.39 is 0 Å². The zero-order valence-corrected chi connectivity index (χ0v) is 15.0. The van der Waals surface area contributed by atoms with Crippen LogP contribution in [0.15, 0.2) is 48.7 Å². The van der Waals surface area contributed by atoms with E-state index in [4.69, 9.17) is 16.3 Å². The molecule has 0 bridgehead atoms. The van der Waals surface area contributed by atoms with Gasteiger partial charge in [0.15, 0.2) is 6.20 Å². The number of benzene rings is 2. The number of ether oxygens (including phenoxy) is 1. The largest absolute Gasteiger partial charge is 0.462 e. The first-order chi connectivity index (χ1) is 12.1. The van der Waals surface area contributed by atoms with Gasteiger partial charge in [0.2, 0.25) is 5.52 Å². The van der Waals surface area contributed by atoms with E-state index in [2.05, 4.69) is 10.3 Å². The number of H-pyrrole nitrogens is 1. The van der Waals surface area contributed by atoms with Crippen molar-refractivity contribution in [2.45, 2.75) is 20.4 Å². The van der Waals surface area contributed by atoms with Crippen LogP contribution in [0.2, 0.25) is 5.02 Å². The van der Waals surface area contributed by atoms with Crippen LogP contribution in [0.3, 0.4) is 0 Å². The summed E-state index contributed by atoms with van der Waals surface area (Å²) in [5.74, 6) is -0.367. The van der Waals surface area contributed by atoms with Crippen LogP contribution in [0, 0.1) is 6.92 Å². The lowest BCUT2D eigenvalue weighted by Crippen LogP contribution is -2.16. The lowest BCUT2D eigenvalue weighted by Gasteiger charge is -2.13. The van der Waals surface area contributed by atoms with Crippen molar-refractivity contribution in [1.82, 2.24) is 0 Å². The Bertz CT molecular complexity index is 910. The molecule has 3 rings (SSSR count). The number of fused-ring (bicyclic) bond motifs is 1. The first kappa shape index (κ1) is 17.2. The van der Waals surface area contributed by atoms with Gasteiger partial charge in [-0.25, -0.2) is 9.78 Å². The molecule has 0 fully saturated rings. The molecule has 0 atom stereocenters. The highest BCUT2D eigenvalue weighted by atomic mass is 35.5. The minimum atomic E-state index is -0.367. The number of aromatic nitrogens is 1. The van der Waals surface area contributed by atoms with Gasteiger partial charge in [0.1, 0.15) is 5.56 Å². The number of aromatic amines is 1. The first-order valence-electron chi connectivity index (χ1n) is 8.19. The lowest BCUT2D eigenvalue weighted by atomic mass is 10.1. The van der Waals surface area contributed by atoms with Gasteiger partial charge in [-0.05, 0) is 31.5 Å². The molecule has 5 heteroatoms. The number of nitrogens with one attached hydrogen (secondary N) is 2. The number of carbonyl (C=O) groups excluding carboxylic acids is 1. The number of pyridine rings is 1. The molecule has 4 nitrogen and oxygen atoms in total. The van der Waals surface area contributed by atoms with E-state index in [0.717, 1.165) is 27.7 Å². The fraction of sp³-hybridized carbons (Fsp3) is 0.200. The van der Waals surface area contributed by atoms with E-state index in [9.17, 15) is 4.79 Å². The van der Waals surface area contributed by atoms with Gasteiger partial charge in [0.25, 0.3) is 0 Å². The molecule has 25 heavy (non-hydrogen) atoms. The third-order valence-electron chi connectivity index (χ3n) is 4.01. The van der Waals surface area contributed by atoms with Crippen molar-refractivity contribution in [1.29, 1.82) is 0 Å². The number of aryl methyl sites for hydroxylation is 1. The van der Waals surface area contributed by atoms with Crippen LogP contribution in [-0.2, 0) is 11.3 Å². The van der Waals surface area contributed by atoms with Crippen LogP contribution < -0.4 is 10.3 Å². The van der Waals surface area contributed by atoms with Crippen LogP contribution in [0.1, 0.15) is 28.4 Å². The Morgan fingerprint density at radius 3 is 2.72 bits per heavy atom. The fourth-order valence-corrected chi connectivity index (χ4v) is 3.11. The van der Waals surface area contributed by atoms with Crippen LogP contribution in [-0.4, -0.2) is 12.6 Å². The second kappa shape index (κ2) is 7.53. The molecule has 0 spiro atoms. The topological polar surface area (TPSA) is 52.5 Å². The summed E-state index contributed by atoms with van der Waals surface area (Å²) in [4.78, 5) is 15.6. The van der Waals surface area contributed by atoms with Gasteiger partial charge in [0, 0.05) is 17.1 Å². The molecule has 0 aliphatic carbocycles. The van der Waals surface area contributed by atoms with Crippen molar-refractivity contribution in [3.8, 4) is 0 Å². The van der Waals surface area contributed by atoms with Gasteiger partial charge in [-0.2, -0.15) is 0 Å². The van der Waals surface area contributed by atoms with E-state index >= 15 is 0 Å². The van der Waals surface area contributed by atoms with Crippen LogP contribution in [0.25, 0.3) is 10.9 Å². The number of hydrogen-bond acceptors (Lipinski definition) is 3. The molecule has 1 heterocycles. The fourth-order valence-electron chi connectivity index (χ4n) is 2.84. The monoisotopic (exact) mass is 355 g/mol. The summed E-state index contributed by atoms with van der Waals surface area (Å²) in [5, 5.41) is 4.88. The standard InChI is InChI=1S/C20H19ClN2O2/c1-3-25-20(24)17-12-23-18-13(2)9-15(21)10-16(18)19(17)22-11-14-7-5-4-6-8-14/h4-10,12H,3,11H2,1-2H3,(H,22,23)/p+1. The summed E-state index contributed by atoms with van der Waals surface area (Å²) < 4.78 is 5.20. The predicted octanol–water partition coefficient (Wildman–Crippen LogP) is 4.40. The average molecular weight is 356 g/mol. The molecule has 0 radical (unpaired) electrons. The molecule has 0 unspecified atom stereocenters. The molecule has 1 aromatic heterocycles. The van der Waals surface area contributed by atoms with Crippen molar-refractivity contribution in [3.63, 3.8) is 0 Å². The van der Waals surface area contributed by atoms with Crippen molar-refractivity contribution in [2.24, 2.45) is 0 Å². The lowest BCUT2D eigenvalue weighted by molar-refractivity contribution is -0.345. The number of hydrogen-bond donors (Lipinski definition) is 1. The Labute approximate surface area is 151 Å². The minimum absolute atomic E-state index is 0.323. The Balaban J connectivity index is 2.09. The summed E-state index contributed by atoms with van der Waals surface area (Å²) in [6.07, 6.45) is 1.69. The van der Waals surface area contributed by atoms with Gasteiger partial charge in [-0.3, -0.25) is 0 Å². The smallest absolute Gasteiger partial charge is 0.346 e. The number of rotatable bonds is 5. The average Bonchev–Trinajstić information content (AvgIpc) is 2.60. The number of carbonyl (C=O) groups is 1. The van der Waals surface area contributed by atoms with Gasteiger partial charge in [0.05, 0.1) is 17.7 Å². The van der Waals surface area contributed by atoms with Crippen LogP contribution in [0.4, 0.5) is 5.69 Å². The molecule has 3 aromatic rings. The third kappa shape index (κ3) is 3.74. The first-order valence-corrected chi connectivity index (χ1v) is 8.57. The van der Waals surface area contributed by atoms with Crippen molar-refractivity contribution in [2.75, 3.05) is 11.9 Å². The van der Waals surface area contributed by atoms with Gasteiger partial charge >= 0.3 is 5.97 Å². The zero-order valence-electron chi connectivity index (χ0n) is 14.2. The summed E-state index contributed by atoms with van der Waals surface area (Å²) in [7, 11) is 0. The van der Waals surface area contributed by atoms with Gasteiger partial charge < -0.3 is 10.1 Å². The van der Waals surface area contributed by atoms with Crippen molar-refractivity contribution in [3.05, 3.63) is 70.4 Å². The Morgan fingerprint density at radius 2 is 2.00 bits per heavy atom. The molecule has 0 saturated heterocycles. The summed E-state index contributed by atoms with van der Waals surface area (Å²) in [6, 6.07) is 13.8. The summed E-state index contributed by atoms with van der Waals surface area (Å²) in [5.41, 5.74) is 4.26. The molecule has 0 saturated carbocycles. The van der Waals surface area contributed by atoms with Crippen LogP contribution in [0.5, 0.6) is 0 Å². The SMILES string of the molecule is CCOC(=O)c1c[nH+]c2c(C)cc(Cl)cc2c1NCc1ccccc1. The molecular formula is C20H20ClN2O2+. The number of esters is 1. The normalized spacial score (nSPS) is 10.7. The number of halogens is 1. The van der Waals surface area contributed by atoms with E-state index in [1.54, 1.807) is 13.1 Å². The Hall–Kier alpha value is -2.59. The maximum atomic E-state index is 12.4. The molecule has 128 valence electrons. The van der Waals surface area contributed by atoms with E-state index in [0.29, 0.717) is 23.7 Å². The van der Waals surface area contributed by atoms with E-state index in [1.807, 2.05) is 49.4 Å². The highest BCUT2D eigenvalue weighted by Gasteiger charge is 2.21. The highest BCUT2D eigenvalue weighted by Crippen LogP contribution is 2.30. The highest BCUT2D eigenvalue weighted by molar-refractivity contribution is 6.31. The Morgan fingerprint density at radius 1 is 1.24 bits per heavy atom. The number of anilines is 1. The van der Waals surface area contributed by atoms with Crippen LogP contribution >= 0.6 is 11.6 Å². The molecule has 2 aromatic carbocycles. The summed E-state index contributed by atoms with van der Waals surface area (Å²) in [6.45, 7) is 4.69. The summed E-state index contributed by atoms with van der Waals surface area (Å²) >= 11 is 6.25. The van der Waals surface area contributed by atoms with Gasteiger partial charge in [-0.1, -0.05) is 41.9 Å². The molecule has 0 aliphatic rings. The quantitative estimate of drug-likeness (QED) is 0.690. The second-order valence-corrected chi connectivity index (χ2v) is 6.22. The Kier molecular flexibility index (Phi) is 5.19. The predicted molar refractivity (Wildman–Crippen MR) is 100.0 cm³/mol. The molecular weight excluding hydrogens is 336 g/mol. The molecule has 0 amide bonds. The second-order valence-electron chi connectivity index (χ2n) is 5.78. The molecule has 2 N–H and O–H groups in total. The molecule has 0 aliphatic heterocycles. The maximum Gasteiger partial charge on any atom is 0.346 e. The van der Waals surface area contributed by atoms with Crippen molar-refractivity contribution < 1.29 is 14.5 Å². The zero-order chi connectivity index (χ0) is 17.8. The van der Waals surface area contributed by atoms with Gasteiger partial charge in [-0.15, -0.1) is 0 Å². The maximum absolute atomic E-state index is 12.4. The van der Waals surface area contributed by atoms with Crippen molar-refractivity contribution >= 4 is 34.2 Å². The van der Waals surface area contributed by atoms with E-state index in [1.165, 1.54) is 0 Å². The van der Waals surface area contributed by atoms with E-state index in [-0.39, 0.29) is 5.97 Å².